The molecule has 2 heterocycles. The molecule has 0 fully saturated rings. The number of aliphatic carboxylic acids is 2. The molecule has 0 unspecified atom stereocenters. The minimum Gasteiger partial charge on any atom is -0.481 e. The summed E-state index contributed by atoms with van der Waals surface area (Å²) in [5.74, 6) is -2.47. The Kier molecular flexibility index (Phi) is 6.29. The number of imidazole rings is 2. The van der Waals surface area contributed by atoms with Crippen LogP contribution >= 0.6 is 21.6 Å². The Morgan fingerprint density at radius 1 is 1.08 bits per heavy atom. The zero-order chi connectivity index (χ0) is 17.7. The van der Waals surface area contributed by atoms with Crippen LogP contribution in [0.4, 0.5) is 0 Å². The molecule has 0 amide bonds. The summed E-state index contributed by atoms with van der Waals surface area (Å²) in [5, 5.41) is 19.2. The van der Waals surface area contributed by atoms with Crippen molar-refractivity contribution in [1.29, 1.82) is 0 Å². The maximum atomic E-state index is 11.0. The zero-order valence-electron chi connectivity index (χ0n) is 12.7. The van der Waals surface area contributed by atoms with E-state index in [2.05, 4.69) is 19.9 Å². The largest absolute Gasteiger partial charge is 0.481 e. The van der Waals surface area contributed by atoms with Gasteiger partial charge in [-0.3, -0.25) is 9.59 Å². The van der Waals surface area contributed by atoms with E-state index in [0.717, 1.165) is 5.69 Å². The highest BCUT2D eigenvalue weighted by molar-refractivity contribution is 8.76. The first kappa shape index (κ1) is 18.4. The lowest BCUT2D eigenvalue weighted by atomic mass is 10.1. The zero-order valence-corrected chi connectivity index (χ0v) is 14.4. The maximum absolute atomic E-state index is 11.0. The fourth-order valence-electron chi connectivity index (χ4n) is 1.83. The monoisotopic (exact) mass is 371 g/mol. The Hall–Kier alpha value is -1.98. The minimum absolute atomic E-state index is 0.141. The second-order valence-corrected chi connectivity index (χ2v) is 7.24. The van der Waals surface area contributed by atoms with E-state index in [1.165, 1.54) is 34.2 Å². The van der Waals surface area contributed by atoms with Crippen LogP contribution in [-0.4, -0.2) is 48.1 Å². The molecule has 2 rings (SSSR count). The molecule has 24 heavy (non-hydrogen) atoms. The van der Waals surface area contributed by atoms with Crippen molar-refractivity contribution < 1.29 is 19.8 Å². The number of nitrogens with two attached hydrogens (primary N) is 1. The third-order valence-electron chi connectivity index (χ3n) is 3.23. The van der Waals surface area contributed by atoms with Gasteiger partial charge in [-0.15, -0.1) is 0 Å². The molecule has 0 aliphatic heterocycles. The first-order valence-electron chi connectivity index (χ1n) is 6.98. The van der Waals surface area contributed by atoms with Gasteiger partial charge < -0.3 is 25.9 Å². The van der Waals surface area contributed by atoms with E-state index in [1.54, 1.807) is 6.92 Å². The summed E-state index contributed by atoms with van der Waals surface area (Å²) in [4.78, 5) is 36.0. The van der Waals surface area contributed by atoms with Gasteiger partial charge in [-0.2, -0.15) is 0 Å². The topological polar surface area (TPSA) is 158 Å². The Bertz CT molecular complexity index is 657. The second kappa shape index (κ2) is 8.22. The quantitative estimate of drug-likeness (QED) is 0.408. The summed E-state index contributed by atoms with van der Waals surface area (Å²) in [7, 11) is 2.64. The molecule has 0 aliphatic rings. The number of hydrogen-bond donors (Lipinski definition) is 5. The molecule has 0 aromatic carbocycles. The number of carboxylic acid groups (broad SMARTS) is 2. The second-order valence-electron chi connectivity index (χ2n) is 5.13. The van der Waals surface area contributed by atoms with Crippen LogP contribution in [-0.2, 0) is 22.4 Å². The van der Waals surface area contributed by atoms with Crippen molar-refractivity contribution in [1.82, 2.24) is 19.9 Å². The molecule has 2 aromatic heterocycles. The fourth-order valence-corrected chi connectivity index (χ4v) is 4.00. The molecule has 2 atom stereocenters. The van der Waals surface area contributed by atoms with Crippen LogP contribution in [0.3, 0.4) is 0 Å². The van der Waals surface area contributed by atoms with Gasteiger partial charge in [-0.1, -0.05) is 6.92 Å². The van der Waals surface area contributed by atoms with E-state index in [-0.39, 0.29) is 6.42 Å². The first-order valence-corrected chi connectivity index (χ1v) is 9.13. The van der Waals surface area contributed by atoms with Gasteiger partial charge >= 0.3 is 11.9 Å². The number of carbonyl (C=O) groups is 2. The molecule has 6 N–H and O–H groups in total. The van der Waals surface area contributed by atoms with Crippen LogP contribution in [0, 0.1) is 5.92 Å². The molecule has 0 saturated carbocycles. The van der Waals surface area contributed by atoms with Gasteiger partial charge in [-0.25, -0.2) is 9.97 Å². The van der Waals surface area contributed by atoms with Crippen molar-refractivity contribution in [2.75, 3.05) is 0 Å². The van der Waals surface area contributed by atoms with E-state index in [0.29, 0.717) is 22.2 Å². The lowest BCUT2D eigenvalue weighted by Gasteiger charge is -2.07. The molecule has 0 bridgehead atoms. The van der Waals surface area contributed by atoms with Crippen molar-refractivity contribution in [3.8, 4) is 0 Å². The summed E-state index contributed by atoms with van der Waals surface area (Å²) < 4.78 is 0. The predicted molar refractivity (Wildman–Crippen MR) is 88.7 cm³/mol. The Labute approximate surface area is 145 Å². The standard InChI is InChI=1S/C13H17N5O4S2/c1-6(12(19)20)2-8-10(17-4-15-8)23-24-11-9(16-5-18-11)3-7(14)13(21)22/h4-7H,2-3,14H2,1H3,(H,15,17)(H,16,18)(H,19,20)(H,21,22)/t6-,7-/m0/s1. The summed E-state index contributed by atoms with van der Waals surface area (Å²) in [6.07, 6.45) is 3.47. The molecule has 0 radical (unpaired) electrons. The van der Waals surface area contributed by atoms with Crippen LogP contribution in [0.25, 0.3) is 0 Å². The van der Waals surface area contributed by atoms with Gasteiger partial charge in [0.1, 0.15) is 16.1 Å². The average Bonchev–Trinajstić information content (AvgIpc) is 3.14. The maximum Gasteiger partial charge on any atom is 0.320 e. The number of H-pyrrole nitrogens is 2. The predicted octanol–water partition coefficient (Wildman–Crippen LogP) is 1.15. The van der Waals surface area contributed by atoms with Gasteiger partial charge in [0.2, 0.25) is 0 Å². The third-order valence-corrected chi connectivity index (χ3v) is 5.53. The smallest absolute Gasteiger partial charge is 0.320 e. The summed E-state index contributed by atoms with van der Waals surface area (Å²) in [5.41, 5.74) is 6.91. The first-order chi connectivity index (χ1) is 11.4. The van der Waals surface area contributed by atoms with Gasteiger partial charge in [0.05, 0.1) is 30.0 Å². The Balaban J connectivity index is 2.00. The van der Waals surface area contributed by atoms with E-state index in [4.69, 9.17) is 15.9 Å². The van der Waals surface area contributed by atoms with E-state index < -0.39 is 23.9 Å². The van der Waals surface area contributed by atoms with Gasteiger partial charge in [0.15, 0.2) is 0 Å². The molecule has 9 nitrogen and oxygen atoms in total. The number of hydrogen-bond acceptors (Lipinski definition) is 7. The molecule has 0 aliphatic carbocycles. The lowest BCUT2D eigenvalue weighted by Crippen LogP contribution is -2.32. The summed E-state index contributed by atoms with van der Waals surface area (Å²) in [6.45, 7) is 1.63. The summed E-state index contributed by atoms with van der Waals surface area (Å²) >= 11 is 0. The van der Waals surface area contributed by atoms with Gasteiger partial charge in [0, 0.05) is 12.8 Å². The number of rotatable bonds is 9. The van der Waals surface area contributed by atoms with Gasteiger partial charge in [0.25, 0.3) is 0 Å². The number of nitrogens with one attached hydrogen (secondary N) is 2. The number of aromatic amines is 2. The molecule has 0 spiro atoms. The lowest BCUT2D eigenvalue weighted by molar-refractivity contribution is -0.141. The van der Waals surface area contributed by atoms with E-state index in [1.807, 2.05) is 0 Å². The Morgan fingerprint density at radius 2 is 1.58 bits per heavy atom. The number of carboxylic acids is 2. The highest BCUT2D eigenvalue weighted by Gasteiger charge is 2.19. The molecular formula is C13H17N5O4S2. The normalized spacial score (nSPS) is 13.6. The van der Waals surface area contributed by atoms with Crippen molar-refractivity contribution in [3.63, 3.8) is 0 Å². The van der Waals surface area contributed by atoms with E-state index >= 15 is 0 Å². The molecule has 130 valence electrons. The fraction of sp³-hybridized carbons (Fsp3) is 0.385. The highest BCUT2D eigenvalue weighted by Crippen LogP contribution is 2.38. The van der Waals surface area contributed by atoms with Crippen LogP contribution in [0.1, 0.15) is 18.3 Å². The number of nitrogens with zero attached hydrogens (tertiary/aromatic N) is 2. The third kappa shape index (κ3) is 4.76. The van der Waals surface area contributed by atoms with Crippen LogP contribution in [0.2, 0.25) is 0 Å². The molecule has 11 heteroatoms. The van der Waals surface area contributed by atoms with Gasteiger partial charge in [-0.05, 0) is 21.6 Å². The highest BCUT2D eigenvalue weighted by atomic mass is 33.1. The van der Waals surface area contributed by atoms with Crippen LogP contribution in [0.15, 0.2) is 22.7 Å². The van der Waals surface area contributed by atoms with Crippen molar-refractivity contribution in [3.05, 3.63) is 24.0 Å². The van der Waals surface area contributed by atoms with Crippen LogP contribution < -0.4 is 5.73 Å². The van der Waals surface area contributed by atoms with Crippen LogP contribution in [0.5, 0.6) is 0 Å². The van der Waals surface area contributed by atoms with E-state index in [9.17, 15) is 9.59 Å². The summed E-state index contributed by atoms with van der Waals surface area (Å²) in [6, 6.07) is -1.01. The minimum atomic E-state index is -1.08. The van der Waals surface area contributed by atoms with Crippen molar-refractivity contribution >= 4 is 33.5 Å². The van der Waals surface area contributed by atoms with Crippen molar-refractivity contribution in [2.45, 2.75) is 35.9 Å². The molecular weight excluding hydrogens is 354 g/mol. The molecule has 0 saturated heterocycles. The van der Waals surface area contributed by atoms with Crippen molar-refractivity contribution in [2.24, 2.45) is 11.7 Å². The average molecular weight is 371 g/mol. The number of aromatic nitrogens is 4. The molecule has 2 aromatic rings. The Morgan fingerprint density at radius 3 is 2.04 bits per heavy atom. The SMILES string of the molecule is C[C@@H](Cc1[nH]cnc1SSc1nc[nH]c1C[C@H](N)C(=O)O)C(=O)O.